The zero-order chi connectivity index (χ0) is 20.7. The summed E-state index contributed by atoms with van der Waals surface area (Å²) in [6.45, 7) is 9.99. The number of hydrogen-bond acceptors (Lipinski definition) is 6. The highest BCUT2D eigenvalue weighted by atomic mass is 28.3. The predicted octanol–water partition coefficient (Wildman–Crippen LogP) is 2.88. The van der Waals surface area contributed by atoms with Gasteiger partial charge >= 0.3 is 0 Å². The molecule has 0 unspecified atom stereocenters. The first-order chi connectivity index (χ1) is 13.1. The molecule has 0 amide bonds. The van der Waals surface area contributed by atoms with Crippen LogP contribution in [0, 0.1) is 23.3 Å². The summed E-state index contributed by atoms with van der Waals surface area (Å²) in [5.41, 5.74) is 19.2. The molecule has 1 aliphatic heterocycles. The third kappa shape index (κ3) is 3.34. The number of aliphatic hydroxyl groups excluding tert-OH is 1. The number of aromatic nitrogens is 3. The van der Waals surface area contributed by atoms with Crippen LogP contribution in [0.4, 0.5) is 5.82 Å². The largest absolute Gasteiger partial charge is 0.393 e. The third-order valence-electron chi connectivity index (χ3n) is 5.22. The molecule has 1 fully saturated rings. The molecule has 1 saturated heterocycles. The van der Waals surface area contributed by atoms with Crippen LogP contribution < -0.4 is 5.73 Å². The summed E-state index contributed by atoms with van der Waals surface area (Å²) >= 11 is 0. The van der Waals surface area contributed by atoms with E-state index in [0.717, 1.165) is 11.3 Å². The quantitative estimate of drug-likeness (QED) is 0.269. The first-order valence-electron chi connectivity index (χ1n) is 9.14. The number of ether oxygens (including phenoxy) is 1. The van der Waals surface area contributed by atoms with Crippen molar-refractivity contribution in [2.75, 3.05) is 12.3 Å². The monoisotopic (exact) mass is 399 g/mol. The van der Waals surface area contributed by atoms with Crippen LogP contribution in [0.5, 0.6) is 0 Å². The number of nitrogen functional groups attached to an aromatic ring is 1. The van der Waals surface area contributed by atoms with Crippen molar-refractivity contribution in [1.82, 2.24) is 14.6 Å². The second-order valence-corrected chi connectivity index (χ2v) is 13.0. The number of hydrogen-bond donors (Lipinski definition) is 2. The van der Waals surface area contributed by atoms with Gasteiger partial charge in [-0.1, -0.05) is 44.5 Å². The molecule has 28 heavy (non-hydrogen) atoms. The van der Waals surface area contributed by atoms with Gasteiger partial charge < -0.3 is 15.6 Å². The Kier molecular flexibility index (Phi) is 5.12. The van der Waals surface area contributed by atoms with Gasteiger partial charge in [-0.3, -0.25) is 0 Å². The average Bonchev–Trinajstić information content (AvgIpc) is 3.12. The van der Waals surface area contributed by atoms with E-state index < -0.39 is 26.5 Å². The number of fused-ring (bicyclic) bond motifs is 1. The van der Waals surface area contributed by atoms with E-state index in [1.54, 1.807) is 4.52 Å². The molecule has 9 nitrogen and oxygen atoms in total. The van der Waals surface area contributed by atoms with E-state index in [9.17, 15) is 5.11 Å². The molecule has 2 aromatic heterocycles. The molecule has 0 aromatic carbocycles. The Labute approximate surface area is 164 Å². The molecule has 0 aliphatic carbocycles. The SMILES string of the molecule is C[C@H]1[C@H](c2cc(C#C[Si](C)(C)C)c3c(N)ncnn23)O[C@@](CO)(N=[N+]=[N-])[C@H]1C. The maximum Gasteiger partial charge on any atom is 0.173 e. The molecule has 0 spiro atoms. The molecule has 2 aromatic rings. The lowest BCUT2D eigenvalue weighted by molar-refractivity contribution is -0.0865. The molecule has 3 heterocycles. The summed E-state index contributed by atoms with van der Waals surface area (Å²) in [4.78, 5) is 6.98. The van der Waals surface area contributed by atoms with Crippen LogP contribution in [-0.4, -0.2) is 40.1 Å². The van der Waals surface area contributed by atoms with E-state index in [0.29, 0.717) is 11.3 Å². The smallest absolute Gasteiger partial charge is 0.173 e. The van der Waals surface area contributed by atoms with Gasteiger partial charge in [0.15, 0.2) is 11.5 Å². The summed E-state index contributed by atoms with van der Waals surface area (Å²) in [6, 6.07) is 1.91. The van der Waals surface area contributed by atoms with Gasteiger partial charge in [-0.25, -0.2) is 9.50 Å². The Morgan fingerprint density at radius 1 is 1.46 bits per heavy atom. The maximum atomic E-state index is 9.88. The predicted molar refractivity (Wildman–Crippen MR) is 109 cm³/mol. The summed E-state index contributed by atoms with van der Waals surface area (Å²) < 4.78 is 7.81. The van der Waals surface area contributed by atoms with Crippen molar-refractivity contribution in [2.45, 2.75) is 45.3 Å². The van der Waals surface area contributed by atoms with Gasteiger partial charge in [-0.15, -0.1) is 5.54 Å². The zero-order valence-corrected chi connectivity index (χ0v) is 17.7. The van der Waals surface area contributed by atoms with E-state index in [1.165, 1.54) is 6.33 Å². The normalized spacial score (nSPS) is 27.3. The molecule has 3 rings (SSSR count). The van der Waals surface area contributed by atoms with Crippen molar-refractivity contribution in [2.24, 2.45) is 17.0 Å². The number of aliphatic hydroxyl groups is 1. The van der Waals surface area contributed by atoms with Gasteiger partial charge in [-0.2, -0.15) is 5.10 Å². The lowest BCUT2D eigenvalue weighted by Crippen LogP contribution is -2.36. The van der Waals surface area contributed by atoms with Crippen molar-refractivity contribution in [3.05, 3.63) is 34.1 Å². The minimum absolute atomic E-state index is 0.0373. The number of rotatable bonds is 3. The minimum atomic E-state index is -1.60. The van der Waals surface area contributed by atoms with Gasteiger partial charge in [0.2, 0.25) is 0 Å². The van der Waals surface area contributed by atoms with Crippen molar-refractivity contribution in [3.8, 4) is 11.5 Å². The van der Waals surface area contributed by atoms with Crippen molar-refractivity contribution in [1.29, 1.82) is 0 Å². The van der Waals surface area contributed by atoms with E-state index in [1.807, 2.05) is 19.9 Å². The molecule has 0 bridgehead atoms. The molecule has 4 atom stereocenters. The fourth-order valence-corrected chi connectivity index (χ4v) is 4.00. The van der Waals surface area contributed by atoms with Crippen molar-refractivity contribution in [3.63, 3.8) is 0 Å². The highest BCUT2D eigenvalue weighted by Gasteiger charge is 2.51. The Morgan fingerprint density at radius 2 is 2.18 bits per heavy atom. The van der Waals surface area contributed by atoms with Crippen LogP contribution >= 0.6 is 0 Å². The first-order valence-corrected chi connectivity index (χ1v) is 12.6. The van der Waals surface area contributed by atoms with Crippen LogP contribution in [0.3, 0.4) is 0 Å². The topological polar surface area (TPSA) is 134 Å². The van der Waals surface area contributed by atoms with E-state index in [2.05, 4.69) is 51.2 Å². The Balaban J connectivity index is 2.18. The van der Waals surface area contributed by atoms with Crippen molar-refractivity contribution >= 4 is 19.4 Å². The van der Waals surface area contributed by atoms with Gasteiger partial charge in [-0.05, 0) is 23.4 Å². The molecular weight excluding hydrogens is 374 g/mol. The number of anilines is 1. The number of azide groups is 1. The standard InChI is InChI=1S/C18H25N7O2Si/c1-11-12(2)18(9-26,23-24-20)27-16(11)14-8-13(6-7-28(3,4)5)15-17(19)21-10-22-25(14)15/h8,10-12,16,26H,9H2,1-5H3,(H2,19,21,22)/t11-,12+,16-,18-/m1/s1. The van der Waals surface area contributed by atoms with E-state index in [4.69, 9.17) is 16.0 Å². The molecule has 1 aliphatic rings. The van der Waals surface area contributed by atoms with Crippen LogP contribution in [0.2, 0.25) is 19.6 Å². The highest BCUT2D eigenvalue weighted by molar-refractivity contribution is 6.83. The second-order valence-electron chi connectivity index (χ2n) is 8.27. The summed E-state index contributed by atoms with van der Waals surface area (Å²) in [5, 5.41) is 18.0. The summed E-state index contributed by atoms with van der Waals surface area (Å²) in [6.07, 6.45) is 0.939. The first kappa shape index (κ1) is 20.2. The summed E-state index contributed by atoms with van der Waals surface area (Å²) in [7, 11) is -1.60. The molecule has 3 N–H and O–H groups in total. The molecule has 148 valence electrons. The second kappa shape index (κ2) is 7.11. The van der Waals surface area contributed by atoms with Crippen LogP contribution in [0.25, 0.3) is 16.0 Å². The Hall–Kier alpha value is -2.57. The average molecular weight is 400 g/mol. The molecule has 10 heteroatoms. The third-order valence-corrected chi connectivity index (χ3v) is 6.10. The van der Waals surface area contributed by atoms with E-state index >= 15 is 0 Å². The Morgan fingerprint density at radius 3 is 2.79 bits per heavy atom. The molecule has 0 radical (unpaired) electrons. The fraction of sp³-hybridized carbons (Fsp3) is 0.556. The van der Waals surface area contributed by atoms with Gasteiger partial charge in [0.25, 0.3) is 0 Å². The minimum Gasteiger partial charge on any atom is -0.393 e. The lowest BCUT2D eigenvalue weighted by Gasteiger charge is -2.25. The van der Waals surface area contributed by atoms with Crippen LogP contribution in [0.15, 0.2) is 17.5 Å². The Bertz CT molecular complexity index is 1010. The molecule has 0 saturated carbocycles. The van der Waals surface area contributed by atoms with Crippen LogP contribution in [0.1, 0.15) is 31.2 Å². The summed E-state index contributed by atoms with van der Waals surface area (Å²) in [5.74, 6) is 3.35. The lowest BCUT2D eigenvalue weighted by atomic mass is 9.86. The fourth-order valence-electron chi connectivity index (χ4n) is 3.49. The van der Waals surface area contributed by atoms with Gasteiger partial charge in [0.1, 0.15) is 26.0 Å². The highest BCUT2D eigenvalue weighted by Crippen LogP contribution is 2.49. The van der Waals surface area contributed by atoms with Gasteiger partial charge in [0.05, 0.1) is 17.9 Å². The number of nitrogens with zero attached hydrogens (tertiary/aromatic N) is 6. The van der Waals surface area contributed by atoms with E-state index in [-0.39, 0.29) is 11.8 Å². The van der Waals surface area contributed by atoms with Gasteiger partial charge in [0, 0.05) is 4.91 Å². The zero-order valence-electron chi connectivity index (χ0n) is 16.7. The number of nitrogens with two attached hydrogens (primary N) is 1. The van der Waals surface area contributed by atoms with Crippen molar-refractivity contribution < 1.29 is 9.84 Å². The maximum absolute atomic E-state index is 9.88. The molecular formula is C18H25N7O2Si. The van der Waals surface area contributed by atoms with Crippen LogP contribution in [-0.2, 0) is 4.74 Å².